The molecule has 1 aliphatic rings. The van der Waals surface area contributed by atoms with Gasteiger partial charge in [0.1, 0.15) is 0 Å². The third-order valence-corrected chi connectivity index (χ3v) is 3.95. The second-order valence-electron chi connectivity index (χ2n) is 4.92. The van der Waals surface area contributed by atoms with Crippen LogP contribution in [0.3, 0.4) is 0 Å². The highest BCUT2D eigenvalue weighted by atomic mass is 79.9. The summed E-state index contributed by atoms with van der Waals surface area (Å²) in [5.41, 5.74) is 0.543. The van der Waals surface area contributed by atoms with Gasteiger partial charge in [-0.3, -0.25) is 0 Å². The number of amides is 2. The fourth-order valence-electron chi connectivity index (χ4n) is 2.15. The minimum absolute atomic E-state index is 0.105. The number of carboxylic acid groups (broad SMARTS) is 1. The Bertz CT molecular complexity index is 530. The Kier molecular flexibility index (Phi) is 5.58. The van der Waals surface area contributed by atoms with E-state index in [0.29, 0.717) is 29.2 Å². The first kappa shape index (κ1) is 15.8. The Labute approximate surface area is 131 Å². The maximum Gasteiger partial charge on any atom is 0.336 e. The Morgan fingerprint density at radius 1 is 1.43 bits per heavy atom. The molecule has 6 nitrogen and oxygen atoms in total. The lowest BCUT2D eigenvalue weighted by Gasteiger charge is -2.22. The molecule has 1 unspecified atom stereocenters. The summed E-state index contributed by atoms with van der Waals surface area (Å²) < 4.78 is 5.82. The van der Waals surface area contributed by atoms with Crippen molar-refractivity contribution in [1.82, 2.24) is 5.32 Å². The summed E-state index contributed by atoms with van der Waals surface area (Å²) in [6.45, 7) is 2.01. The van der Waals surface area contributed by atoms with Crippen LogP contribution in [0.5, 0.6) is 0 Å². The SMILES string of the molecule is O=C(NCC1CCCOC1)Nc1ccc(Br)c(C(=O)O)c1. The molecule has 2 rings (SSSR count). The highest BCUT2D eigenvalue weighted by Crippen LogP contribution is 2.21. The molecule has 3 N–H and O–H groups in total. The van der Waals surface area contributed by atoms with E-state index in [1.807, 2.05) is 0 Å². The van der Waals surface area contributed by atoms with Gasteiger partial charge in [0.15, 0.2) is 0 Å². The van der Waals surface area contributed by atoms with Gasteiger partial charge in [-0.05, 0) is 52.9 Å². The average molecular weight is 357 g/mol. The number of hydrogen-bond donors (Lipinski definition) is 3. The maximum atomic E-state index is 11.8. The molecule has 0 spiro atoms. The van der Waals surface area contributed by atoms with Crippen molar-refractivity contribution in [3.05, 3.63) is 28.2 Å². The van der Waals surface area contributed by atoms with Gasteiger partial charge in [0.2, 0.25) is 0 Å². The standard InChI is InChI=1S/C14H17BrN2O4/c15-12-4-3-10(6-11(12)13(18)19)17-14(20)16-7-9-2-1-5-21-8-9/h3-4,6,9H,1-2,5,7-8H2,(H,18,19)(H2,16,17,20). The first-order valence-corrected chi connectivity index (χ1v) is 7.51. The van der Waals surface area contributed by atoms with Crippen LogP contribution in [-0.2, 0) is 4.74 Å². The third kappa shape index (κ3) is 4.71. The van der Waals surface area contributed by atoms with Crippen molar-refractivity contribution < 1.29 is 19.4 Å². The largest absolute Gasteiger partial charge is 0.478 e. The van der Waals surface area contributed by atoms with Gasteiger partial charge in [-0.2, -0.15) is 0 Å². The molecule has 1 heterocycles. The Morgan fingerprint density at radius 2 is 2.24 bits per heavy atom. The molecule has 114 valence electrons. The van der Waals surface area contributed by atoms with Gasteiger partial charge >= 0.3 is 12.0 Å². The zero-order valence-electron chi connectivity index (χ0n) is 11.4. The van der Waals surface area contributed by atoms with Gasteiger partial charge < -0.3 is 20.5 Å². The molecule has 0 aromatic heterocycles. The minimum Gasteiger partial charge on any atom is -0.478 e. The molecule has 1 saturated heterocycles. The van der Waals surface area contributed by atoms with Crippen LogP contribution in [0.25, 0.3) is 0 Å². The number of carbonyl (C=O) groups excluding carboxylic acids is 1. The van der Waals surface area contributed by atoms with Crippen LogP contribution >= 0.6 is 15.9 Å². The van der Waals surface area contributed by atoms with Crippen molar-refractivity contribution >= 4 is 33.6 Å². The van der Waals surface area contributed by atoms with Crippen molar-refractivity contribution in [3.8, 4) is 0 Å². The molecule has 0 radical (unpaired) electrons. The molecule has 7 heteroatoms. The van der Waals surface area contributed by atoms with Crippen molar-refractivity contribution in [2.45, 2.75) is 12.8 Å². The zero-order chi connectivity index (χ0) is 15.2. The van der Waals surface area contributed by atoms with Crippen LogP contribution in [0.2, 0.25) is 0 Å². The maximum absolute atomic E-state index is 11.8. The molecular formula is C14H17BrN2O4. The predicted molar refractivity (Wildman–Crippen MR) is 81.7 cm³/mol. The number of anilines is 1. The second-order valence-corrected chi connectivity index (χ2v) is 5.77. The first-order chi connectivity index (χ1) is 10.1. The lowest BCUT2D eigenvalue weighted by atomic mass is 10.0. The van der Waals surface area contributed by atoms with Crippen LogP contribution in [0.15, 0.2) is 22.7 Å². The van der Waals surface area contributed by atoms with Crippen LogP contribution in [0, 0.1) is 5.92 Å². The van der Waals surface area contributed by atoms with Gasteiger partial charge in [0, 0.05) is 23.3 Å². The van der Waals surface area contributed by atoms with Gasteiger partial charge in [0.05, 0.1) is 12.2 Å². The molecule has 1 aliphatic heterocycles. The number of nitrogens with one attached hydrogen (secondary N) is 2. The van der Waals surface area contributed by atoms with Crippen LogP contribution in [0.4, 0.5) is 10.5 Å². The number of ether oxygens (including phenoxy) is 1. The number of halogens is 1. The molecule has 0 bridgehead atoms. The number of urea groups is 1. The quantitative estimate of drug-likeness (QED) is 0.773. The third-order valence-electron chi connectivity index (χ3n) is 3.26. The van der Waals surface area contributed by atoms with Crippen LogP contribution in [0.1, 0.15) is 23.2 Å². The van der Waals surface area contributed by atoms with E-state index in [2.05, 4.69) is 26.6 Å². The molecule has 0 aliphatic carbocycles. The van der Waals surface area contributed by atoms with E-state index in [-0.39, 0.29) is 11.6 Å². The lowest BCUT2D eigenvalue weighted by molar-refractivity contribution is 0.0559. The van der Waals surface area contributed by atoms with E-state index in [1.54, 1.807) is 12.1 Å². The number of benzene rings is 1. The van der Waals surface area contributed by atoms with Gasteiger partial charge in [-0.15, -0.1) is 0 Å². The van der Waals surface area contributed by atoms with Gasteiger partial charge in [-0.1, -0.05) is 0 Å². The Balaban J connectivity index is 1.87. The highest BCUT2D eigenvalue weighted by Gasteiger charge is 2.15. The topological polar surface area (TPSA) is 87.7 Å². The molecular weight excluding hydrogens is 340 g/mol. The van der Waals surface area contributed by atoms with E-state index in [9.17, 15) is 9.59 Å². The molecule has 2 amide bonds. The van der Waals surface area contributed by atoms with Crippen molar-refractivity contribution in [2.24, 2.45) is 5.92 Å². The molecule has 1 aromatic carbocycles. The minimum atomic E-state index is -1.05. The normalized spacial score (nSPS) is 18.0. The Hall–Kier alpha value is -1.60. The number of hydrogen-bond acceptors (Lipinski definition) is 3. The zero-order valence-corrected chi connectivity index (χ0v) is 13.0. The summed E-state index contributed by atoms with van der Waals surface area (Å²) in [6, 6.07) is 4.29. The molecule has 1 atom stereocenters. The first-order valence-electron chi connectivity index (χ1n) is 6.71. The summed E-state index contributed by atoms with van der Waals surface area (Å²) in [7, 11) is 0. The lowest BCUT2D eigenvalue weighted by Crippen LogP contribution is -2.35. The molecule has 1 fully saturated rings. The average Bonchev–Trinajstić information content (AvgIpc) is 2.48. The van der Waals surface area contributed by atoms with Gasteiger partial charge in [-0.25, -0.2) is 9.59 Å². The van der Waals surface area contributed by atoms with Gasteiger partial charge in [0.25, 0.3) is 0 Å². The molecule has 21 heavy (non-hydrogen) atoms. The molecule has 1 aromatic rings. The van der Waals surface area contributed by atoms with E-state index in [0.717, 1.165) is 19.4 Å². The monoisotopic (exact) mass is 356 g/mol. The van der Waals surface area contributed by atoms with Crippen LogP contribution < -0.4 is 10.6 Å². The highest BCUT2D eigenvalue weighted by molar-refractivity contribution is 9.10. The summed E-state index contributed by atoms with van der Waals surface area (Å²) in [5.74, 6) is -0.714. The van der Waals surface area contributed by atoms with E-state index in [1.165, 1.54) is 6.07 Å². The number of carboxylic acids is 1. The number of rotatable bonds is 4. The predicted octanol–water partition coefficient (Wildman–Crippen LogP) is 2.70. The molecule has 0 saturated carbocycles. The van der Waals surface area contributed by atoms with Crippen molar-refractivity contribution in [1.29, 1.82) is 0 Å². The number of carbonyl (C=O) groups is 2. The van der Waals surface area contributed by atoms with E-state index >= 15 is 0 Å². The Morgan fingerprint density at radius 3 is 2.90 bits per heavy atom. The van der Waals surface area contributed by atoms with Crippen molar-refractivity contribution in [3.63, 3.8) is 0 Å². The van der Waals surface area contributed by atoms with Crippen molar-refractivity contribution in [2.75, 3.05) is 25.1 Å². The second kappa shape index (κ2) is 7.42. The summed E-state index contributed by atoms with van der Waals surface area (Å²) >= 11 is 3.16. The van der Waals surface area contributed by atoms with E-state index < -0.39 is 5.97 Å². The smallest absolute Gasteiger partial charge is 0.336 e. The fourth-order valence-corrected chi connectivity index (χ4v) is 2.56. The summed E-state index contributed by atoms with van der Waals surface area (Å²) in [4.78, 5) is 22.8. The number of aromatic carboxylic acids is 1. The summed E-state index contributed by atoms with van der Waals surface area (Å²) in [5, 5.41) is 14.4. The fraction of sp³-hybridized carbons (Fsp3) is 0.429. The van der Waals surface area contributed by atoms with Crippen LogP contribution in [-0.4, -0.2) is 36.9 Å². The van der Waals surface area contributed by atoms with E-state index in [4.69, 9.17) is 9.84 Å². The summed E-state index contributed by atoms with van der Waals surface area (Å²) in [6.07, 6.45) is 2.06.